The fourth-order valence-corrected chi connectivity index (χ4v) is 2.42. The van der Waals surface area contributed by atoms with Crippen molar-refractivity contribution in [3.63, 3.8) is 0 Å². The molecule has 2 amide bonds. The molecule has 6 nitrogen and oxygen atoms in total. The molecule has 0 saturated heterocycles. The van der Waals surface area contributed by atoms with Gasteiger partial charge in [-0.3, -0.25) is 14.6 Å². The Morgan fingerprint density at radius 1 is 1.20 bits per heavy atom. The number of hydrogen-bond donors (Lipinski definition) is 3. The first kappa shape index (κ1) is 18.6. The maximum atomic E-state index is 12.2. The lowest BCUT2D eigenvalue weighted by Crippen LogP contribution is -2.32. The van der Waals surface area contributed by atoms with Crippen LogP contribution in [0.25, 0.3) is 0 Å². The summed E-state index contributed by atoms with van der Waals surface area (Å²) in [5.41, 5.74) is 6.04. The van der Waals surface area contributed by atoms with Crippen LogP contribution in [0.15, 0.2) is 54.4 Å². The molecule has 1 heterocycles. The van der Waals surface area contributed by atoms with Crippen molar-refractivity contribution in [1.82, 2.24) is 10.3 Å². The van der Waals surface area contributed by atoms with Crippen molar-refractivity contribution in [2.75, 3.05) is 0 Å². The predicted molar refractivity (Wildman–Crippen MR) is 96.7 cm³/mol. The fourth-order valence-electron chi connectivity index (χ4n) is 1.94. The average molecular weight is 377 g/mol. The molecule has 1 aromatic heterocycles. The van der Waals surface area contributed by atoms with E-state index in [-0.39, 0.29) is 17.8 Å². The van der Waals surface area contributed by atoms with E-state index in [2.05, 4.69) is 10.3 Å². The van der Waals surface area contributed by atoms with Gasteiger partial charge in [0.05, 0.1) is 5.71 Å². The predicted octanol–water partition coefficient (Wildman–Crippen LogP) is 2.48. The Kier molecular flexibility index (Phi) is 6.27. The zero-order valence-corrected chi connectivity index (χ0v) is 14.4. The molecule has 25 heavy (non-hydrogen) atoms. The molecule has 1 aromatic carbocycles. The summed E-state index contributed by atoms with van der Waals surface area (Å²) < 4.78 is 0. The van der Waals surface area contributed by atoms with E-state index in [4.69, 9.17) is 34.3 Å². The van der Waals surface area contributed by atoms with Crippen LogP contribution in [0.1, 0.15) is 11.1 Å². The van der Waals surface area contributed by atoms with E-state index in [1.807, 2.05) is 0 Å². The van der Waals surface area contributed by atoms with Gasteiger partial charge in [-0.15, -0.1) is 0 Å². The lowest BCUT2D eigenvalue weighted by Gasteiger charge is -2.09. The molecule has 0 unspecified atom stereocenters. The number of benzene rings is 1. The maximum Gasteiger partial charge on any atom is 0.257 e. The Morgan fingerprint density at radius 3 is 2.48 bits per heavy atom. The molecule has 0 aliphatic carbocycles. The van der Waals surface area contributed by atoms with Crippen LogP contribution >= 0.6 is 23.2 Å². The third kappa shape index (κ3) is 5.14. The summed E-state index contributed by atoms with van der Waals surface area (Å²) in [5.74, 6) is -1.63. The SMILES string of the molecule is N=C(/C=C(\C(N)=O)C(=O)NCc1ccc(Cl)cc1Cl)c1ccncc1. The minimum atomic E-state index is -0.932. The first-order valence-corrected chi connectivity index (χ1v) is 7.86. The number of nitrogens with two attached hydrogens (primary N) is 1. The monoisotopic (exact) mass is 376 g/mol. The van der Waals surface area contributed by atoms with Gasteiger partial charge in [-0.25, -0.2) is 0 Å². The molecule has 128 valence electrons. The van der Waals surface area contributed by atoms with Crippen molar-refractivity contribution in [2.45, 2.75) is 6.54 Å². The van der Waals surface area contributed by atoms with Crippen molar-refractivity contribution < 1.29 is 9.59 Å². The molecule has 2 aromatic rings. The number of aromatic nitrogens is 1. The first-order chi connectivity index (χ1) is 11.9. The van der Waals surface area contributed by atoms with Crippen molar-refractivity contribution in [3.05, 3.63) is 75.5 Å². The molecule has 0 aliphatic heterocycles. The van der Waals surface area contributed by atoms with Crippen LogP contribution in [-0.4, -0.2) is 22.5 Å². The van der Waals surface area contributed by atoms with Gasteiger partial charge in [0.2, 0.25) is 0 Å². The van der Waals surface area contributed by atoms with Crippen LogP contribution in [-0.2, 0) is 16.1 Å². The summed E-state index contributed by atoms with van der Waals surface area (Å²) in [6.07, 6.45) is 4.13. The number of nitrogens with zero attached hydrogens (tertiary/aromatic N) is 1. The number of nitrogens with one attached hydrogen (secondary N) is 2. The van der Waals surface area contributed by atoms with Crippen LogP contribution in [0.5, 0.6) is 0 Å². The highest BCUT2D eigenvalue weighted by molar-refractivity contribution is 6.35. The van der Waals surface area contributed by atoms with Crippen molar-refractivity contribution in [1.29, 1.82) is 5.41 Å². The Hall–Kier alpha value is -2.70. The quantitative estimate of drug-likeness (QED) is 0.311. The largest absolute Gasteiger partial charge is 0.365 e. The molecular weight excluding hydrogens is 363 g/mol. The van der Waals surface area contributed by atoms with E-state index >= 15 is 0 Å². The molecular formula is C17H14Cl2N4O2. The number of rotatable bonds is 6. The molecule has 0 atom stereocenters. The summed E-state index contributed by atoms with van der Waals surface area (Å²) >= 11 is 11.9. The van der Waals surface area contributed by atoms with Gasteiger partial charge in [-0.1, -0.05) is 29.3 Å². The molecule has 0 saturated carbocycles. The summed E-state index contributed by atoms with van der Waals surface area (Å²) in [5, 5.41) is 11.4. The number of primary amides is 1. The number of allylic oxidation sites excluding steroid dienone is 1. The highest BCUT2D eigenvalue weighted by atomic mass is 35.5. The number of pyridine rings is 1. The maximum absolute atomic E-state index is 12.2. The average Bonchev–Trinajstić information content (AvgIpc) is 2.59. The molecule has 0 aliphatic rings. The molecule has 2 rings (SSSR count). The van der Waals surface area contributed by atoms with Gasteiger partial charge < -0.3 is 16.5 Å². The highest BCUT2D eigenvalue weighted by Crippen LogP contribution is 2.20. The first-order valence-electron chi connectivity index (χ1n) is 7.11. The van der Waals surface area contributed by atoms with Crippen LogP contribution in [0.2, 0.25) is 10.0 Å². The number of carbonyl (C=O) groups excluding carboxylic acids is 2. The standard InChI is InChI=1S/C17H14Cl2N4O2/c18-12-2-1-11(14(19)7-12)9-23-17(25)13(16(21)24)8-15(20)10-3-5-22-6-4-10/h1-8,20H,9H2,(H2,21,24)(H,23,25)/b13-8+,20-15?. The highest BCUT2D eigenvalue weighted by Gasteiger charge is 2.17. The van der Waals surface area contributed by atoms with Gasteiger partial charge in [0.1, 0.15) is 5.57 Å². The summed E-state index contributed by atoms with van der Waals surface area (Å²) in [6.45, 7) is 0.0854. The van der Waals surface area contributed by atoms with Gasteiger partial charge in [0.25, 0.3) is 11.8 Å². The zero-order valence-electron chi connectivity index (χ0n) is 12.9. The van der Waals surface area contributed by atoms with Crippen LogP contribution in [0.3, 0.4) is 0 Å². The lowest BCUT2D eigenvalue weighted by molar-refractivity contribution is -0.122. The summed E-state index contributed by atoms with van der Waals surface area (Å²) in [7, 11) is 0. The number of hydrogen-bond acceptors (Lipinski definition) is 4. The Morgan fingerprint density at radius 2 is 1.88 bits per heavy atom. The molecule has 0 bridgehead atoms. The minimum absolute atomic E-state index is 0.0316. The third-order valence-corrected chi connectivity index (χ3v) is 3.83. The lowest BCUT2D eigenvalue weighted by atomic mass is 10.1. The van der Waals surface area contributed by atoms with Crippen molar-refractivity contribution in [2.24, 2.45) is 5.73 Å². The molecule has 4 N–H and O–H groups in total. The van der Waals surface area contributed by atoms with E-state index < -0.39 is 11.8 Å². The second-order valence-corrected chi connectivity index (χ2v) is 5.83. The fraction of sp³-hybridized carbons (Fsp3) is 0.0588. The van der Waals surface area contributed by atoms with Crippen LogP contribution < -0.4 is 11.1 Å². The van der Waals surface area contributed by atoms with E-state index in [1.165, 1.54) is 12.4 Å². The normalized spacial score (nSPS) is 11.0. The second kappa shape index (κ2) is 8.41. The topological polar surface area (TPSA) is 109 Å². The van der Waals surface area contributed by atoms with Gasteiger partial charge in [0.15, 0.2) is 0 Å². The summed E-state index contributed by atoms with van der Waals surface area (Å²) in [4.78, 5) is 27.7. The van der Waals surface area contributed by atoms with E-state index in [0.717, 1.165) is 6.08 Å². The molecule has 8 heteroatoms. The Balaban J connectivity index is 2.14. The van der Waals surface area contributed by atoms with Crippen LogP contribution in [0, 0.1) is 5.41 Å². The molecule has 0 fully saturated rings. The third-order valence-electron chi connectivity index (χ3n) is 3.24. The van der Waals surface area contributed by atoms with E-state index in [9.17, 15) is 9.59 Å². The zero-order chi connectivity index (χ0) is 18.4. The second-order valence-electron chi connectivity index (χ2n) is 4.99. The molecule has 0 spiro atoms. The number of halogens is 2. The number of amides is 2. The minimum Gasteiger partial charge on any atom is -0.365 e. The van der Waals surface area contributed by atoms with Gasteiger partial charge in [0, 0.05) is 34.5 Å². The smallest absolute Gasteiger partial charge is 0.257 e. The van der Waals surface area contributed by atoms with Gasteiger partial charge in [-0.2, -0.15) is 0 Å². The molecule has 0 radical (unpaired) electrons. The van der Waals surface area contributed by atoms with Gasteiger partial charge >= 0.3 is 0 Å². The summed E-state index contributed by atoms with van der Waals surface area (Å²) in [6, 6.07) is 8.02. The van der Waals surface area contributed by atoms with Crippen molar-refractivity contribution in [3.8, 4) is 0 Å². The van der Waals surface area contributed by atoms with Crippen LogP contribution in [0.4, 0.5) is 0 Å². The van der Waals surface area contributed by atoms with Gasteiger partial charge in [-0.05, 0) is 35.9 Å². The Labute approximate surface area is 154 Å². The number of carbonyl (C=O) groups is 2. The van der Waals surface area contributed by atoms with Crippen molar-refractivity contribution >= 4 is 40.7 Å². The van der Waals surface area contributed by atoms with E-state index in [0.29, 0.717) is 21.2 Å². The Bertz CT molecular complexity index is 851. The van der Waals surface area contributed by atoms with E-state index in [1.54, 1.807) is 30.3 Å².